The molecule has 0 N–H and O–H groups in total. The summed E-state index contributed by atoms with van der Waals surface area (Å²) >= 11 is 0. The van der Waals surface area contributed by atoms with Crippen molar-refractivity contribution in [3.8, 4) is 0 Å². The Morgan fingerprint density at radius 3 is 2.79 bits per heavy atom. The van der Waals surface area contributed by atoms with Crippen molar-refractivity contribution in [2.75, 3.05) is 44.3 Å². The monoisotopic (exact) mass is 388 g/mol. The fraction of sp³-hybridized carbons (Fsp3) is 0.684. The summed E-state index contributed by atoms with van der Waals surface area (Å²) in [6.45, 7) is 9.40. The van der Waals surface area contributed by atoms with E-state index in [1.807, 2.05) is 13.8 Å². The standard InChI is InChI=1S/C19H28N6O3/c1-14(2)19-21-17(22-28-19)13-23-5-3-4-15(12-23)25-18(26)10-16(11-20-25)24-6-8-27-9-7-24/h10-11,14-15H,3-9,12-13H2,1-2H3/t15-/m1/s1. The number of nitrogens with zero attached hydrogens (tertiary/aromatic N) is 6. The van der Waals surface area contributed by atoms with Crippen LogP contribution in [0.4, 0.5) is 5.69 Å². The molecule has 9 nitrogen and oxygen atoms in total. The molecule has 9 heteroatoms. The Morgan fingerprint density at radius 1 is 1.25 bits per heavy atom. The second kappa shape index (κ2) is 8.40. The summed E-state index contributed by atoms with van der Waals surface area (Å²) in [5.41, 5.74) is 0.836. The molecule has 2 aliphatic heterocycles. The van der Waals surface area contributed by atoms with Crippen molar-refractivity contribution in [2.24, 2.45) is 0 Å². The normalized spacial score (nSPS) is 21.4. The van der Waals surface area contributed by atoms with Crippen molar-refractivity contribution < 1.29 is 9.26 Å². The van der Waals surface area contributed by atoms with E-state index in [0.29, 0.717) is 31.5 Å². The lowest BCUT2D eigenvalue weighted by Crippen LogP contribution is -2.41. The van der Waals surface area contributed by atoms with Gasteiger partial charge in [-0.25, -0.2) is 4.68 Å². The molecule has 0 aliphatic carbocycles. The van der Waals surface area contributed by atoms with Crippen molar-refractivity contribution in [2.45, 2.75) is 45.2 Å². The molecule has 2 saturated heterocycles. The summed E-state index contributed by atoms with van der Waals surface area (Å²) in [7, 11) is 0. The number of hydrogen-bond donors (Lipinski definition) is 0. The van der Waals surface area contributed by atoms with Gasteiger partial charge in [-0.15, -0.1) is 0 Å². The second-order valence-corrected chi connectivity index (χ2v) is 7.83. The summed E-state index contributed by atoms with van der Waals surface area (Å²) in [6, 6.07) is 1.77. The lowest BCUT2D eigenvalue weighted by molar-refractivity contribution is 0.122. The van der Waals surface area contributed by atoms with E-state index in [-0.39, 0.29) is 17.5 Å². The first-order chi connectivity index (χ1) is 13.6. The number of rotatable bonds is 5. The van der Waals surface area contributed by atoms with E-state index in [2.05, 4.69) is 25.0 Å². The van der Waals surface area contributed by atoms with Gasteiger partial charge in [0.05, 0.1) is 37.7 Å². The maximum Gasteiger partial charge on any atom is 0.269 e. The lowest BCUT2D eigenvalue weighted by atomic mass is 10.1. The molecule has 2 aliphatic rings. The molecule has 2 fully saturated rings. The minimum atomic E-state index is -0.0440. The fourth-order valence-electron chi connectivity index (χ4n) is 3.82. The lowest BCUT2D eigenvalue weighted by Gasteiger charge is -2.32. The van der Waals surface area contributed by atoms with Gasteiger partial charge in [0.15, 0.2) is 5.82 Å². The summed E-state index contributed by atoms with van der Waals surface area (Å²) in [6.07, 6.45) is 3.77. The molecule has 2 aromatic rings. The third-order valence-corrected chi connectivity index (χ3v) is 5.36. The van der Waals surface area contributed by atoms with Crippen LogP contribution in [-0.2, 0) is 11.3 Å². The zero-order chi connectivity index (χ0) is 19.5. The number of morpholine rings is 1. The van der Waals surface area contributed by atoms with Crippen LogP contribution in [0.15, 0.2) is 21.6 Å². The predicted octanol–water partition coefficient (Wildman–Crippen LogP) is 1.42. The highest BCUT2D eigenvalue weighted by atomic mass is 16.5. The minimum absolute atomic E-state index is 0.0440. The summed E-state index contributed by atoms with van der Waals surface area (Å²) < 4.78 is 12.3. The summed E-state index contributed by atoms with van der Waals surface area (Å²) in [5.74, 6) is 1.59. The van der Waals surface area contributed by atoms with Gasteiger partial charge < -0.3 is 14.2 Å². The van der Waals surface area contributed by atoms with E-state index in [9.17, 15) is 4.79 Å². The number of piperidine rings is 1. The van der Waals surface area contributed by atoms with Crippen LogP contribution < -0.4 is 10.5 Å². The van der Waals surface area contributed by atoms with Gasteiger partial charge in [-0.05, 0) is 19.4 Å². The zero-order valence-electron chi connectivity index (χ0n) is 16.6. The molecule has 0 spiro atoms. The molecule has 2 aromatic heterocycles. The van der Waals surface area contributed by atoms with Crippen molar-refractivity contribution in [1.82, 2.24) is 24.8 Å². The number of likely N-dealkylation sites (tertiary alicyclic amines) is 1. The Balaban J connectivity index is 1.43. The molecule has 0 saturated carbocycles. The van der Waals surface area contributed by atoms with Crippen molar-refractivity contribution >= 4 is 5.69 Å². The van der Waals surface area contributed by atoms with Crippen LogP contribution in [0.2, 0.25) is 0 Å². The molecule has 4 rings (SSSR count). The Bertz CT molecular complexity index is 842. The third kappa shape index (κ3) is 4.25. The van der Waals surface area contributed by atoms with Crippen LogP contribution in [0.25, 0.3) is 0 Å². The number of ether oxygens (including phenoxy) is 1. The van der Waals surface area contributed by atoms with Crippen molar-refractivity contribution in [3.63, 3.8) is 0 Å². The Kier molecular flexibility index (Phi) is 5.72. The molecule has 152 valence electrons. The van der Waals surface area contributed by atoms with Crippen LogP contribution in [0.3, 0.4) is 0 Å². The first-order valence-electron chi connectivity index (χ1n) is 10.1. The molecular formula is C19H28N6O3. The minimum Gasteiger partial charge on any atom is -0.378 e. The molecule has 0 radical (unpaired) electrons. The number of hydrogen-bond acceptors (Lipinski definition) is 8. The molecule has 0 amide bonds. The Hall–Kier alpha value is -2.26. The van der Waals surface area contributed by atoms with E-state index >= 15 is 0 Å². The smallest absolute Gasteiger partial charge is 0.269 e. The highest BCUT2D eigenvalue weighted by Crippen LogP contribution is 2.22. The van der Waals surface area contributed by atoms with Crippen LogP contribution in [-0.4, -0.2) is 64.2 Å². The van der Waals surface area contributed by atoms with Gasteiger partial charge in [0.1, 0.15) is 0 Å². The van der Waals surface area contributed by atoms with Crippen LogP contribution in [0.1, 0.15) is 50.4 Å². The quantitative estimate of drug-likeness (QED) is 0.760. The molecule has 1 atom stereocenters. The molecule has 4 heterocycles. The van der Waals surface area contributed by atoms with E-state index in [4.69, 9.17) is 9.26 Å². The molecule has 0 unspecified atom stereocenters. The average molecular weight is 388 g/mol. The van der Waals surface area contributed by atoms with E-state index in [0.717, 1.165) is 44.7 Å². The predicted molar refractivity (Wildman–Crippen MR) is 103 cm³/mol. The first-order valence-corrected chi connectivity index (χ1v) is 10.1. The van der Waals surface area contributed by atoms with Crippen LogP contribution in [0, 0.1) is 0 Å². The highest BCUT2D eigenvalue weighted by molar-refractivity contribution is 5.43. The summed E-state index contributed by atoms with van der Waals surface area (Å²) in [4.78, 5) is 21.6. The molecule has 28 heavy (non-hydrogen) atoms. The zero-order valence-corrected chi connectivity index (χ0v) is 16.6. The van der Waals surface area contributed by atoms with Gasteiger partial charge in [0.2, 0.25) is 5.89 Å². The van der Waals surface area contributed by atoms with Gasteiger partial charge in [-0.3, -0.25) is 9.69 Å². The van der Waals surface area contributed by atoms with E-state index in [1.165, 1.54) is 0 Å². The van der Waals surface area contributed by atoms with Gasteiger partial charge in [-0.2, -0.15) is 10.1 Å². The van der Waals surface area contributed by atoms with E-state index in [1.54, 1.807) is 16.9 Å². The van der Waals surface area contributed by atoms with Crippen LogP contribution in [0.5, 0.6) is 0 Å². The first kappa shape index (κ1) is 19.1. The topological polar surface area (TPSA) is 89.5 Å². The molecule has 0 bridgehead atoms. The van der Waals surface area contributed by atoms with E-state index < -0.39 is 0 Å². The second-order valence-electron chi connectivity index (χ2n) is 7.83. The Morgan fingerprint density at radius 2 is 2.07 bits per heavy atom. The maximum absolute atomic E-state index is 12.7. The summed E-state index contributed by atoms with van der Waals surface area (Å²) in [5, 5.41) is 8.57. The van der Waals surface area contributed by atoms with Gasteiger partial charge >= 0.3 is 0 Å². The third-order valence-electron chi connectivity index (χ3n) is 5.36. The van der Waals surface area contributed by atoms with Gasteiger partial charge in [0, 0.05) is 31.6 Å². The molecular weight excluding hydrogens is 360 g/mol. The van der Waals surface area contributed by atoms with Gasteiger partial charge in [0.25, 0.3) is 5.56 Å². The Labute approximate surface area is 164 Å². The van der Waals surface area contributed by atoms with Crippen molar-refractivity contribution in [1.29, 1.82) is 0 Å². The largest absolute Gasteiger partial charge is 0.378 e. The fourth-order valence-corrected chi connectivity index (χ4v) is 3.82. The SMILES string of the molecule is CC(C)c1nc(CN2CCC[C@@H](n3ncc(N4CCOCC4)cc3=O)C2)no1. The molecule has 0 aromatic carbocycles. The highest BCUT2D eigenvalue weighted by Gasteiger charge is 2.25. The maximum atomic E-state index is 12.7. The number of anilines is 1. The van der Waals surface area contributed by atoms with Gasteiger partial charge in [-0.1, -0.05) is 19.0 Å². The van der Waals surface area contributed by atoms with Crippen molar-refractivity contribution in [3.05, 3.63) is 34.3 Å². The van der Waals surface area contributed by atoms with Crippen LogP contribution >= 0.6 is 0 Å². The average Bonchev–Trinajstić information content (AvgIpc) is 3.18. The number of aromatic nitrogens is 4.